The number of unbranched alkanes of at least 4 members (excludes halogenated alkanes) is 1. The Morgan fingerprint density at radius 3 is 3.11 bits per heavy atom. The Bertz CT molecular complexity index is 403. The van der Waals surface area contributed by atoms with Crippen molar-refractivity contribution in [2.45, 2.75) is 38.6 Å². The van der Waals surface area contributed by atoms with Crippen LogP contribution < -0.4 is 5.32 Å². The smallest absolute Gasteiger partial charge is 0.319 e. The average Bonchev–Trinajstić information content (AvgIpc) is 2.80. The first-order valence-electron chi connectivity index (χ1n) is 6.78. The zero-order valence-corrected chi connectivity index (χ0v) is 10.9. The first-order chi connectivity index (χ1) is 8.81. The van der Waals surface area contributed by atoms with Crippen LogP contribution in [0.15, 0.2) is 24.3 Å². The van der Waals surface area contributed by atoms with Crippen LogP contribution in [0.3, 0.4) is 0 Å². The summed E-state index contributed by atoms with van der Waals surface area (Å²) < 4.78 is 5.13. The van der Waals surface area contributed by atoms with Gasteiger partial charge < -0.3 is 10.1 Å². The van der Waals surface area contributed by atoms with Crippen LogP contribution in [0.2, 0.25) is 0 Å². The molecule has 0 saturated carbocycles. The van der Waals surface area contributed by atoms with Gasteiger partial charge in [-0.2, -0.15) is 0 Å². The molecule has 0 heterocycles. The van der Waals surface area contributed by atoms with Gasteiger partial charge in [0.05, 0.1) is 13.2 Å². The minimum absolute atomic E-state index is 0.146. The highest BCUT2D eigenvalue weighted by Gasteiger charge is 2.21. The van der Waals surface area contributed by atoms with E-state index in [-0.39, 0.29) is 5.97 Å². The number of hydrogen-bond donors (Lipinski definition) is 1. The summed E-state index contributed by atoms with van der Waals surface area (Å²) in [6.07, 6.45) is 4.16. The van der Waals surface area contributed by atoms with Crippen molar-refractivity contribution in [3.8, 4) is 0 Å². The zero-order chi connectivity index (χ0) is 12.8. The molecule has 2 rings (SSSR count). The van der Waals surface area contributed by atoms with Crippen molar-refractivity contribution in [1.82, 2.24) is 5.32 Å². The number of ether oxygens (including phenoxy) is 1. The summed E-state index contributed by atoms with van der Waals surface area (Å²) in [5.41, 5.74) is 2.73. The summed E-state index contributed by atoms with van der Waals surface area (Å²) in [6.45, 7) is 2.93. The van der Waals surface area contributed by atoms with Crippen molar-refractivity contribution < 1.29 is 9.53 Å². The molecule has 3 nitrogen and oxygen atoms in total. The Morgan fingerprint density at radius 2 is 2.28 bits per heavy atom. The molecule has 0 aliphatic heterocycles. The van der Waals surface area contributed by atoms with Gasteiger partial charge in [-0.05, 0) is 30.4 Å². The number of benzene rings is 1. The zero-order valence-electron chi connectivity index (χ0n) is 10.9. The lowest BCUT2D eigenvalue weighted by Gasteiger charge is -2.13. The maximum Gasteiger partial charge on any atom is 0.319 e. The van der Waals surface area contributed by atoms with Crippen LogP contribution in [-0.4, -0.2) is 19.1 Å². The molecule has 18 heavy (non-hydrogen) atoms. The van der Waals surface area contributed by atoms with Crippen molar-refractivity contribution in [3.05, 3.63) is 35.4 Å². The molecule has 1 N–H and O–H groups in total. The van der Waals surface area contributed by atoms with Crippen molar-refractivity contribution in [2.75, 3.05) is 13.2 Å². The highest BCUT2D eigenvalue weighted by molar-refractivity contribution is 5.71. The predicted octanol–water partition coefficient (Wildman–Crippen LogP) is 2.61. The van der Waals surface area contributed by atoms with E-state index >= 15 is 0 Å². The topological polar surface area (TPSA) is 38.3 Å². The molecule has 0 aromatic heterocycles. The number of rotatable bonds is 6. The lowest BCUT2D eigenvalue weighted by atomic mass is 10.1. The van der Waals surface area contributed by atoms with Crippen LogP contribution in [0.1, 0.15) is 43.4 Å². The van der Waals surface area contributed by atoms with Gasteiger partial charge in [0.1, 0.15) is 0 Å². The van der Waals surface area contributed by atoms with Crippen molar-refractivity contribution in [2.24, 2.45) is 0 Å². The number of carbonyl (C=O) groups is 1. The highest BCUT2D eigenvalue weighted by Crippen LogP contribution is 2.30. The van der Waals surface area contributed by atoms with Crippen molar-refractivity contribution in [1.29, 1.82) is 0 Å². The largest absolute Gasteiger partial charge is 0.465 e. The van der Waals surface area contributed by atoms with Gasteiger partial charge in [0.15, 0.2) is 0 Å². The van der Waals surface area contributed by atoms with Gasteiger partial charge in [0.25, 0.3) is 0 Å². The molecular formula is C15H21NO2. The molecule has 1 aliphatic rings. The third kappa shape index (κ3) is 3.33. The van der Waals surface area contributed by atoms with Gasteiger partial charge in [0, 0.05) is 6.04 Å². The van der Waals surface area contributed by atoms with Crippen LogP contribution >= 0.6 is 0 Å². The molecule has 0 radical (unpaired) electrons. The Labute approximate surface area is 109 Å². The summed E-state index contributed by atoms with van der Waals surface area (Å²) in [4.78, 5) is 11.5. The molecule has 1 unspecified atom stereocenters. The van der Waals surface area contributed by atoms with E-state index in [9.17, 15) is 4.79 Å². The minimum Gasteiger partial charge on any atom is -0.465 e. The normalized spacial score (nSPS) is 17.5. The number of carbonyl (C=O) groups excluding carboxylic acids is 1. The molecule has 1 aromatic rings. The van der Waals surface area contributed by atoms with Crippen LogP contribution in [0, 0.1) is 0 Å². The van der Waals surface area contributed by atoms with Crippen LogP contribution in [0.25, 0.3) is 0 Å². The second-order valence-electron chi connectivity index (χ2n) is 4.74. The number of esters is 1. The van der Waals surface area contributed by atoms with Crippen molar-refractivity contribution >= 4 is 5.97 Å². The van der Waals surface area contributed by atoms with E-state index in [2.05, 4.69) is 36.5 Å². The van der Waals surface area contributed by atoms with E-state index < -0.39 is 0 Å². The molecule has 1 atom stereocenters. The van der Waals surface area contributed by atoms with E-state index in [1.54, 1.807) is 0 Å². The third-order valence-electron chi connectivity index (χ3n) is 3.39. The lowest BCUT2D eigenvalue weighted by molar-refractivity contribution is -0.142. The van der Waals surface area contributed by atoms with Gasteiger partial charge in [-0.15, -0.1) is 0 Å². The Balaban J connectivity index is 1.77. The molecule has 98 valence electrons. The fraction of sp³-hybridized carbons (Fsp3) is 0.533. The van der Waals surface area contributed by atoms with Crippen LogP contribution in [0.4, 0.5) is 0 Å². The Kier molecular flexibility index (Phi) is 4.76. The van der Waals surface area contributed by atoms with Gasteiger partial charge >= 0.3 is 5.97 Å². The monoisotopic (exact) mass is 247 g/mol. The van der Waals surface area contributed by atoms with Gasteiger partial charge in [-0.25, -0.2) is 0 Å². The van der Waals surface area contributed by atoms with Crippen LogP contribution in [0.5, 0.6) is 0 Å². The van der Waals surface area contributed by atoms with Gasteiger partial charge in [-0.1, -0.05) is 37.6 Å². The molecule has 0 bridgehead atoms. The summed E-state index contributed by atoms with van der Waals surface area (Å²) in [7, 11) is 0. The number of hydrogen-bond acceptors (Lipinski definition) is 3. The number of aryl methyl sites for hydroxylation is 1. The predicted molar refractivity (Wildman–Crippen MR) is 71.4 cm³/mol. The summed E-state index contributed by atoms with van der Waals surface area (Å²) >= 11 is 0. The van der Waals surface area contributed by atoms with Crippen molar-refractivity contribution in [3.63, 3.8) is 0 Å². The molecule has 0 spiro atoms. The SMILES string of the molecule is CCCCOC(=O)CNC1CCc2ccccc21. The van der Waals surface area contributed by atoms with E-state index in [0.29, 0.717) is 19.2 Å². The molecule has 0 fully saturated rings. The first-order valence-corrected chi connectivity index (χ1v) is 6.78. The van der Waals surface area contributed by atoms with Gasteiger partial charge in [-0.3, -0.25) is 4.79 Å². The Morgan fingerprint density at radius 1 is 1.44 bits per heavy atom. The second-order valence-corrected chi connectivity index (χ2v) is 4.74. The maximum atomic E-state index is 11.5. The highest BCUT2D eigenvalue weighted by atomic mass is 16.5. The quantitative estimate of drug-likeness (QED) is 0.620. The molecular weight excluding hydrogens is 226 g/mol. The standard InChI is InChI=1S/C15H21NO2/c1-2-3-10-18-15(17)11-16-14-9-8-12-6-4-5-7-13(12)14/h4-7,14,16H,2-3,8-11H2,1H3. The lowest BCUT2D eigenvalue weighted by Crippen LogP contribution is -2.28. The molecule has 1 aliphatic carbocycles. The summed E-state index contributed by atoms with van der Waals surface area (Å²) in [5, 5.41) is 3.29. The third-order valence-corrected chi connectivity index (χ3v) is 3.39. The van der Waals surface area contributed by atoms with E-state index in [1.807, 2.05) is 0 Å². The second kappa shape index (κ2) is 6.55. The summed E-state index contributed by atoms with van der Waals surface area (Å²) in [6, 6.07) is 8.73. The fourth-order valence-electron chi connectivity index (χ4n) is 2.36. The number of nitrogens with one attached hydrogen (secondary N) is 1. The fourth-order valence-corrected chi connectivity index (χ4v) is 2.36. The molecule has 0 amide bonds. The van der Waals surface area contributed by atoms with Gasteiger partial charge in [0.2, 0.25) is 0 Å². The number of fused-ring (bicyclic) bond motifs is 1. The first kappa shape index (κ1) is 13.1. The Hall–Kier alpha value is -1.35. The maximum absolute atomic E-state index is 11.5. The minimum atomic E-state index is -0.146. The van der Waals surface area contributed by atoms with E-state index in [1.165, 1.54) is 11.1 Å². The van der Waals surface area contributed by atoms with Crippen LogP contribution in [-0.2, 0) is 16.0 Å². The molecule has 1 aromatic carbocycles. The van der Waals surface area contributed by atoms with E-state index in [4.69, 9.17) is 4.74 Å². The van der Waals surface area contributed by atoms with E-state index in [0.717, 1.165) is 25.7 Å². The molecule has 0 saturated heterocycles. The molecule has 3 heteroatoms. The summed E-state index contributed by atoms with van der Waals surface area (Å²) in [5.74, 6) is -0.146. The average molecular weight is 247 g/mol.